The van der Waals surface area contributed by atoms with Gasteiger partial charge in [0.1, 0.15) is 6.67 Å². The summed E-state index contributed by atoms with van der Waals surface area (Å²) in [7, 11) is 1.72. The lowest BCUT2D eigenvalue weighted by molar-refractivity contribution is -0.139. The standard InChI is InChI=1S/C14H20FN3O3/c1-18-8-10(13(19)16-11(7-15)14(20)21)12(17-18)9-5-3-2-4-6-9/h8-9,11H,2-7H2,1H3,(H,16,19)(H,20,21). The summed E-state index contributed by atoms with van der Waals surface area (Å²) in [4.78, 5) is 23.0. The minimum atomic E-state index is -1.52. The van der Waals surface area contributed by atoms with Crippen molar-refractivity contribution in [2.24, 2.45) is 7.05 Å². The van der Waals surface area contributed by atoms with Crippen molar-refractivity contribution in [3.05, 3.63) is 17.5 Å². The summed E-state index contributed by atoms with van der Waals surface area (Å²) in [6.07, 6.45) is 6.91. The quantitative estimate of drug-likeness (QED) is 0.865. The molecule has 1 atom stereocenters. The van der Waals surface area contributed by atoms with E-state index in [1.165, 1.54) is 6.42 Å². The molecule has 0 saturated heterocycles. The Kier molecular flexibility index (Phi) is 4.93. The number of hydrogen-bond donors (Lipinski definition) is 2. The van der Waals surface area contributed by atoms with Crippen molar-refractivity contribution in [2.75, 3.05) is 6.67 Å². The number of aromatic nitrogens is 2. The number of nitrogens with one attached hydrogen (secondary N) is 1. The van der Waals surface area contributed by atoms with E-state index in [1.807, 2.05) is 0 Å². The second-order valence-corrected chi connectivity index (χ2v) is 5.46. The molecule has 1 heterocycles. The lowest BCUT2D eigenvalue weighted by Gasteiger charge is -2.21. The van der Waals surface area contributed by atoms with Crippen LogP contribution >= 0.6 is 0 Å². The molecule has 2 rings (SSSR count). The van der Waals surface area contributed by atoms with Crippen molar-refractivity contribution in [2.45, 2.75) is 44.1 Å². The van der Waals surface area contributed by atoms with Gasteiger partial charge >= 0.3 is 5.97 Å². The van der Waals surface area contributed by atoms with Crippen LogP contribution in [0.3, 0.4) is 0 Å². The van der Waals surface area contributed by atoms with Crippen molar-refractivity contribution in [3.8, 4) is 0 Å². The number of carbonyl (C=O) groups excluding carboxylic acids is 1. The van der Waals surface area contributed by atoms with E-state index >= 15 is 0 Å². The molecule has 1 aromatic heterocycles. The first-order valence-corrected chi connectivity index (χ1v) is 7.16. The molecule has 0 aromatic carbocycles. The van der Waals surface area contributed by atoms with Crippen LogP contribution in [-0.4, -0.2) is 39.5 Å². The molecule has 1 aliphatic rings. The second-order valence-electron chi connectivity index (χ2n) is 5.46. The third-order valence-corrected chi connectivity index (χ3v) is 3.85. The van der Waals surface area contributed by atoms with Gasteiger partial charge in [-0.2, -0.15) is 5.10 Å². The van der Waals surface area contributed by atoms with Gasteiger partial charge in [-0.3, -0.25) is 9.48 Å². The van der Waals surface area contributed by atoms with Crippen molar-refractivity contribution in [1.82, 2.24) is 15.1 Å². The Morgan fingerprint density at radius 2 is 2.14 bits per heavy atom. The highest BCUT2D eigenvalue weighted by Crippen LogP contribution is 2.33. The Morgan fingerprint density at radius 3 is 2.71 bits per heavy atom. The molecule has 7 heteroatoms. The van der Waals surface area contributed by atoms with E-state index in [4.69, 9.17) is 5.11 Å². The van der Waals surface area contributed by atoms with Gasteiger partial charge in [0.25, 0.3) is 5.91 Å². The highest BCUT2D eigenvalue weighted by Gasteiger charge is 2.27. The lowest BCUT2D eigenvalue weighted by atomic mass is 9.85. The number of carboxylic acid groups (broad SMARTS) is 1. The number of aryl methyl sites for hydroxylation is 1. The van der Waals surface area contributed by atoms with Crippen molar-refractivity contribution in [1.29, 1.82) is 0 Å². The predicted molar refractivity (Wildman–Crippen MR) is 73.9 cm³/mol. The number of rotatable bonds is 5. The average Bonchev–Trinajstić information content (AvgIpc) is 2.87. The van der Waals surface area contributed by atoms with Crippen LogP contribution in [0.25, 0.3) is 0 Å². The van der Waals surface area contributed by atoms with Gasteiger partial charge in [-0.25, -0.2) is 9.18 Å². The molecule has 116 valence electrons. The summed E-state index contributed by atoms with van der Waals surface area (Å²) in [6, 6.07) is -1.52. The Bertz CT molecular complexity index is 524. The van der Waals surface area contributed by atoms with Crippen molar-refractivity contribution >= 4 is 11.9 Å². The molecule has 1 saturated carbocycles. The monoisotopic (exact) mass is 297 g/mol. The molecule has 2 N–H and O–H groups in total. The van der Waals surface area contributed by atoms with Crippen LogP contribution in [0.2, 0.25) is 0 Å². The van der Waals surface area contributed by atoms with Crippen molar-refractivity contribution in [3.63, 3.8) is 0 Å². The lowest BCUT2D eigenvalue weighted by Crippen LogP contribution is -2.42. The van der Waals surface area contributed by atoms with Gasteiger partial charge in [-0.1, -0.05) is 19.3 Å². The van der Waals surface area contributed by atoms with Crippen LogP contribution < -0.4 is 5.32 Å². The number of alkyl halides is 1. The SMILES string of the molecule is Cn1cc(C(=O)NC(CF)C(=O)O)c(C2CCCCC2)n1. The molecule has 0 spiro atoms. The number of nitrogens with zero attached hydrogens (tertiary/aromatic N) is 2. The topological polar surface area (TPSA) is 84.2 Å². The zero-order chi connectivity index (χ0) is 15.4. The van der Waals surface area contributed by atoms with Crippen LogP contribution in [0, 0.1) is 0 Å². The van der Waals surface area contributed by atoms with Gasteiger partial charge in [0.2, 0.25) is 0 Å². The van der Waals surface area contributed by atoms with Crippen LogP contribution in [0.1, 0.15) is 54.1 Å². The van der Waals surface area contributed by atoms with E-state index < -0.39 is 24.6 Å². The minimum Gasteiger partial charge on any atom is -0.480 e. The van der Waals surface area contributed by atoms with E-state index in [0.29, 0.717) is 11.3 Å². The van der Waals surface area contributed by atoms with Gasteiger partial charge < -0.3 is 10.4 Å². The molecule has 1 unspecified atom stereocenters. The highest BCUT2D eigenvalue weighted by atomic mass is 19.1. The number of hydrogen-bond acceptors (Lipinski definition) is 3. The average molecular weight is 297 g/mol. The normalized spacial score (nSPS) is 17.4. The maximum absolute atomic E-state index is 12.6. The molecule has 1 fully saturated rings. The summed E-state index contributed by atoms with van der Waals surface area (Å²) >= 11 is 0. The molecule has 1 aliphatic carbocycles. The third-order valence-electron chi connectivity index (χ3n) is 3.85. The molecule has 1 amide bonds. The molecule has 0 bridgehead atoms. The maximum Gasteiger partial charge on any atom is 0.328 e. The van der Waals surface area contributed by atoms with E-state index in [0.717, 1.165) is 25.7 Å². The first-order chi connectivity index (χ1) is 10.0. The summed E-state index contributed by atoms with van der Waals surface area (Å²) in [5.74, 6) is -1.74. The maximum atomic E-state index is 12.6. The van der Waals surface area contributed by atoms with Gasteiger partial charge in [0, 0.05) is 19.2 Å². The first kappa shape index (κ1) is 15.5. The fourth-order valence-electron chi connectivity index (χ4n) is 2.76. The van der Waals surface area contributed by atoms with Crippen LogP contribution in [-0.2, 0) is 11.8 Å². The Morgan fingerprint density at radius 1 is 1.48 bits per heavy atom. The largest absolute Gasteiger partial charge is 0.480 e. The summed E-state index contributed by atoms with van der Waals surface area (Å²) < 4.78 is 14.2. The fourth-order valence-corrected chi connectivity index (χ4v) is 2.76. The summed E-state index contributed by atoms with van der Waals surface area (Å²) in [6.45, 7) is -1.14. The Hall–Kier alpha value is -1.92. The molecule has 21 heavy (non-hydrogen) atoms. The Balaban J connectivity index is 2.18. The molecular formula is C14H20FN3O3. The minimum absolute atomic E-state index is 0.217. The van der Waals surface area contributed by atoms with Gasteiger partial charge in [-0.05, 0) is 12.8 Å². The zero-order valence-corrected chi connectivity index (χ0v) is 12.0. The number of halogens is 1. The van der Waals surface area contributed by atoms with Gasteiger partial charge in [-0.15, -0.1) is 0 Å². The fraction of sp³-hybridized carbons (Fsp3) is 0.643. The summed E-state index contributed by atoms with van der Waals surface area (Å²) in [5.41, 5.74) is 1.04. The highest BCUT2D eigenvalue weighted by molar-refractivity contribution is 5.97. The van der Waals surface area contributed by atoms with Gasteiger partial charge in [0.15, 0.2) is 6.04 Å². The third kappa shape index (κ3) is 3.59. The predicted octanol–water partition coefficient (Wildman–Crippen LogP) is 1.62. The van der Waals surface area contributed by atoms with Crippen LogP contribution in [0.15, 0.2) is 6.20 Å². The Labute approximate surface area is 122 Å². The van der Waals surface area contributed by atoms with E-state index in [2.05, 4.69) is 10.4 Å². The van der Waals surface area contributed by atoms with E-state index in [9.17, 15) is 14.0 Å². The number of aliphatic carboxylic acids is 1. The smallest absolute Gasteiger partial charge is 0.328 e. The van der Waals surface area contributed by atoms with E-state index in [-0.39, 0.29) is 5.92 Å². The molecule has 0 radical (unpaired) electrons. The second kappa shape index (κ2) is 6.69. The number of carbonyl (C=O) groups is 2. The van der Waals surface area contributed by atoms with Crippen LogP contribution in [0.4, 0.5) is 4.39 Å². The molecule has 6 nitrogen and oxygen atoms in total. The summed E-state index contributed by atoms with van der Waals surface area (Å²) in [5, 5.41) is 15.4. The molecule has 1 aromatic rings. The van der Waals surface area contributed by atoms with E-state index in [1.54, 1.807) is 17.9 Å². The van der Waals surface area contributed by atoms with Gasteiger partial charge in [0.05, 0.1) is 11.3 Å². The molecule has 0 aliphatic heterocycles. The first-order valence-electron chi connectivity index (χ1n) is 7.16. The number of carboxylic acids is 1. The number of amides is 1. The zero-order valence-electron chi connectivity index (χ0n) is 12.0. The van der Waals surface area contributed by atoms with Crippen molar-refractivity contribution < 1.29 is 19.1 Å². The molecular weight excluding hydrogens is 277 g/mol. The van der Waals surface area contributed by atoms with Crippen LogP contribution in [0.5, 0.6) is 0 Å².